The molecule has 1 aliphatic rings. The van der Waals surface area contributed by atoms with Crippen molar-refractivity contribution in [1.29, 1.82) is 0 Å². The summed E-state index contributed by atoms with van der Waals surface area (Å²) in [6, 6.07) is 18.3. The summed E-state index contributed by atoms with van der Waals surface area (Å²) < 4.78 is 8.68. The Kier molecular flexibility index (Phi) is 6.00. The number of thiazole rings is 1. The number of ether oxygens (including phenoxy) is 1. The van der Waals surface area contributed by atoms with Crippen molar-refractivity contribution < 1.29 is 9.53 Å². The number of methoxy groups -OCH3 is 1. The van der Waals surface area contributed by atoms with E-state index in [1.54, 1.807) is 22.2 Å². The summed E-state index contributed by atoms with van der Waals surface area (Å²) >= 11 is 7.95. The summed E-state index contributed by atoms with van der Waals surface area (Å²) in [5.41, 5.74) is 3.55. The van der Waals surface area contributed by atoms with Crippen molar-refractivity contribution >= 4 is 35.0 Å². The Hall–Kier alpha value is -3.75. The number of aromatic nitrogens is 3. The first-order chi connectivity index (χ1) is 16.9. The lowest BCUT2D eigenvalue weighted by atomic mass is 9.96. The van der Waals surface area contributed by atoms with Crippen LogP contribution in [0.3, 0.4) is 0 Å². The fourth-order valence-electron chi connectivity index (χ4n) is 4.19. The minimum absolute atomic E-state index is 0.264. The highest BCUT2D eigenvalue weighted by Crippen LogP contribution is 2.30. The topological polar surface area (TPSA) is 78.5 Å². The van der Waals surface area contributed by atoms with Crippen LogP contribution in [0.15, 0.2) is 81.7 Å². The van der Waals surface area contributed by atoms with E-state index < -0.39 is 12.0 Å². The highest BCUT2D eigenvalue weighted by Gasteiger charge is 2.33. The maximum Gasteiger partial charge on any atom is 0.338 e. The molecule has 2 aromatic heterocycles. The number of para-hydroxylation sites is 1. The van der Waals surface area contributed by atoms with Crippen molar-refractivity contribution in [1.82, 2.24) is 14.3 Å². The maximum atomic E-state index is 13.7. The highest BCUT2D eigenvalue weighted by molar-refractivity contribution is 7.07. The van der Waals surface area contributed by atoms with E-state index in [2.05, 4.69) is 10.1 Å². The van der Waals surface area contributed by atoms with Crippen LogP contribution in [0.1, 0.15) is 29.8 Å². The van der Waals surface area contributed by atoms with Gasteiger partial charge in [0.05, 0.1) is 40.3 Å². The van der Waals surface area contributed by atoms with Gasteiger partial charge in [-0.15, -0.1) is 0 Å². The Balaban J connectivity index is 1.72. The van der Waals surface area contributed by atoms with Crippen LogP contribution in [0.25, 0.3) is 11.8 Å². The van der Waals surface area contributed by atoms with E-state index in [1.807, 2.05) is 67.6 Å². The molecule has 0 aliphatic carbocycles. The number of hydrogen-bond acceptors (Lipinski definition) is 6. The molecule has 3 heterocycles. The molecule has 1 aliphatic heterocycles. The number of halogens is 1. The van der Waals surface area contributed by atoms with Crippen LogP contribution in [0.4, 0.5) is 0 Å². The van der Waals surface area contributed by atoms with Gasteiger partial charge >= 0.3 is 5.97 Å². The molecule has 0 bridgehead atoms. The van der Waals surface area contributed by atoms with Crippen LogP contribution >= 0.6 is 22.9 Å². The number of hydrogen-bond donors (Lipinski definition) is 0. The normalized spacial score (nSPS) is 15.7. The van der Waals surface area contributed by atoms with Crippen molar-refractivity contribution in [3.8, 4) is 5.69 Å². The van der Waals surface area contributed by atoms with Gasteiger partial charge in [0.1, 0.15) is 5.15 Å². The molecule has 0 amide bonds. The van der Waals surface area contributed by atoms with Crippen LogP contribution in [-0.4, -0.2) is 27.4 Å². The first-order valence-corrected chi connectivity index (χ1v) is 12.1. The lowest BCUT2D eigenvalue weighted by molar-refractivity contribution is -0.136. The molecule has 7 nitrogen and oxygen atoms in total. The molecule has 35 heavy (non-hydrogen) atoms. The van der Waals surface area contributed by atoms with Crippen LogP contribution < -0.4 is 14.9 Å². The van der Waals surface area contributed by atoms with Gasteiger partial charge in [0.2, 0.25) is 0 Å². The van der Waals surface area contributed by atoms with Crippen LogP contribution in [0, 0.1) is 6.92 Å². The van der Waals surface area contributed by atoms with E-state index in [-0.39, 0.29) is 5.56 Å². The van der Waals surface area contributed by atoms with Gasteiger partial charge in [0.15, 0.2) is 4.80 Å². The number of esters is 1. The van der Waals surface area contributed by atoms with E-state index in [1.165, 1.54) is 18.4 Å². The number of allylic oxidation sites excluding steroid dienone is 1. The van der Waals surface area contributed by atoms with Crippen LogP contribution in [0.5, 0.6) is 0 Å². The molecule has 176 valence electrons. The molecule has 0 N–H and O–H groups in total. The molecule has 2 aromatic carbocycles. The number of aryl methyl sites for hydroxylation is 1. The van der Waals surface area contributed by atoms with Gasteiger partial charge in [0.25, 0.3) is 5.56 Å². The number of fused-ring (bicyclic) bond motifs is 1. The van der Waals surface area contributed by atoms with Crippen molar-refractivity contribution in [2.75, 3.05) is 7.11 Å². The van der Waals surface area contributed by atoms with Gasteiger partial charge in [-0.3, -0.25) is 9.36 Å². The molecular formula is C26H21ClN4O3S. The predicted molar refractivity (Wildman–Crippen MR) is 136 cm³/mol. The zero-order valence-corrected chi connectivity index (χ0v) is 20.8. The van der Waals surface area contributed by atoms with E-state index in [0.29, 0.717) is 37.0 Å². The zero-order valence-electron chi connectivity index (χ0n) is 19.2. The smallest absolute Gasteiger partial charge is 0.338 e. The van der Waals surface area contributed by atoms with E-state index >= 15 is 0 Å². The van der Waals surface area contributed by atoms with Crippen molar-refractivity contribution in [2.45, 2.75) is 19.9 Å². The summed E-state index contributed by atoms with van der Waals surface area (Å²) in [5.74, 6) is -0.516. The molecule has 9 heteroatoms. The summed E-state index contributed by atoms with van der Waals surface area (Å²) in [5, 5.41) is 4.97. The SMILES string of the molecule is COC(=O)C1=C(C)N=c2sc(=Cc3c(C)nn(-c4ccccc4)c3Cl)c(=O)n2[C@H]1c1ccccc1. The van der Waals surface area contributed by atoms with Crippen LogP contribution in [-0.2, 0) is 9.53 Å². The maximum absolute atomic E-state index is 13.7. The average Bonchev–Trinajstić information content (AvgIpc) is 3.34. The Morgan fingerprint density at radius 1 is 1.09 bits per heavy atom. The second kappa shape index (κ2) is 9.13. The third-order valence-corrected chi connectivity index (χ3v) is 7.21. The van der Waals surface area contributed by atoms with Gasteiger partial charge in [0, 0.05) is 5.56 Å². The Morgan fingerprint density at radius 2 is 1.74 bits per heavy atom. The molecule has 0 fully saturated rings. The molecule has 0 unspecified atom stereocenters. The van der Waals surface area contributed by atoms with E-state index in [9.17, 15) is 9.59 Å². The first-order valence-electron chi connectivity index (χ1n) is 10.9. The second-order valence-electron chi connectivity index (χ2n) is 8.02. The number of carbonyl (C=O) groups is 1. The third kappa shape index (κ3) is 3.94. The minimum Gasteiger partial charge on any atom is -0.466 e. The van der Waals surface area contributed by atoms with Crippen molar-refractivity contribution in [2.24, 2.45) is 4.99 Å². The first kappa shape index (κ1) is 23.0. The molecule has 5 rings (SSSR count). The molecule has 0 spiro atoms. The fourth-order valence-corrected chi connectivity index (χ4v) is 5.54. The second-order valence-corrected chi connectivity index (χ2v) is 9.39. The number of nitrogens with zero attached hydrogens (tertiary/aromatic N) is 4. The fraction of sp³-hybridized carbons (Fsp3) is 0.154. The summed E-state index contributed by atoms with van der Waals surface area (Å²) in [7, 11) is 1.32. The lowest BCUT2D eigenvalue weighted by Gasteiger charge is -2.24. The number of benzene rings is 2. The molecule has 1 atom stereocenters. The zero-order chi connectivity index (χ0) is 24.7. The van der Waals surface area contributed by atoms with Gasteiger partial charge in [-0.05, 0) is 37.6 Å². The monoisotopic (exact) mass is 504 g/mol. The Labute approximate surface area is 209 Å². The molecule has 0 saturated carbocycles. The Bertz CT molecular complexity index is 1650. The number of carbonyl (C=O) groups excluding carboxylic acids is 1. The molecular weight excluding hydrogens is 484 g/mol. The Morgan fingerprint density at radius 3 is 2.40 bits per heavy atom. The van der Waals surface area contributed by atoms with Gasteiger partial charge < -0.3 is 4.74 Å². The minimum atomic E-state index is -0.648. The molecule has 0 radical (unpaired) electrons. The summed E-state index contributed by atoms with van der Waals surface area (Å²) in [6.45, 7) is 3.60. The molecule has 0 saturated heterocycles. The summed E-state index contributed by atoms with van der Waals surface area (Å²) in [6.07, 6.45) is 1.74. The average molecular weight is 505 g/mol. The van der Waals surface area contributed by atoms with Gasteiger partial charge in [-0.2, -0.15) is 5.10 Å². The quantitative estimate of drug-likeness (QED) is 0.398. The largest absolute Gasteiger partial charge is 0.466 e. The van der Waals surface area contributed by atoms with E-state index in [4.69, 9.17) is 16.3 Å². The molecule has 4 aromatic rings. The number of rotatable bonds is 4. The highest BCUT2D eigenvalue weighted by atomic mass is 35.5. The van der Waals surface area contributed by atoms with Crippen LogP contribution in [0.2, 0.25) is 5.15 Å². The van der Waals surface area contributed by atoms with Gasteiger partial charge in [-0.1, -0.05) is 71.5 Å². The standard InChI is InChI=1S/C26H21ClN4O3S/c1-15-19(23(27)31(29-15)18-12-8-5-9-13-18)14-20-24(32)30-22(17-10-6-4-7-11-17)21(25(33)34-3)16(2)28-26(30)35-20/h4-14,22H,1-3H3/t22-/m0/s1. The summed E-state index contributed by atoms with van der Waals surface area (Å²) in [4.78, 5) is 31.5. The van der Waals surface area contributed by atoms with Crippen molar-refractivity contribution in [3.05, 3.63) is 114 Å². The van der Waals surface area contributed by atoms with E-state index in [0.717, 1.165) is 11.3 Å². The van der Waals surface area contributed by atoms with Gasteiger partial charge in [-0.25, -0.2) is 14.5 Å². The van der Waals surface area contributed by atoms with Crippen molar-refractivity contribution in [3.63, 3.8) is 0 Å². The lowest BCUT2D eigenvalue weighted by Crippen LogP contribution is -2.39. The third-order valence-electron chi connectivity index (χ3n) is 5.87. The predicted octanol–water partition coefficient (Wildman–Crippen LogP) is 3.56.